The number of amides is 1. The normalized spacial score (nSPS) is 14.8. The Hall–Kier alpha value is -3.49. The zero-order valence-corrected chi connectivity index (χ0v) is 19.3. The topological polar surface area (TPSA) is 93.4 Å². The summed E-state index contributed by atoms with van der Waals surface area (Å²) in [4.78, 5) is 36.2. The molecule has 1 saturated heterocycles. The first-order chi connectivity index (χ1) is 15.9. The van der Waals surface area contributed by atoms with Crippen LogP contribution in [-0.2, 0) is 6.54 Å². The zero-order valence-electron chi connectivity index (χ0n) is 19.3. The molecule has 8 nitrogen and oxygen atoms in total. The second-order valence-electron chi connectivity index (χ2n) is 8.64. The SMILES string of the molecule is Cc1cc(=O)nc(Nc2cc(NC(=O)c3ccc(CN4CCN(C)CC4)cc3)ccc2C)[nH]1. The van der Waals surface area contributed by atoms with Gasteiger partial charge >= 0.3 is 0 Å². The standard InChI is InChI=1S/C25H30N6O2/c1-17-4-9-21(15-22(17)28-25-26-18(2)14-23(32)29-25)27-24(33)20-7-5-19(6-8-20)16-31-12-10-30(3)11-13-31/h4-9,14-15H,10-13,16H2,1-3H3,(H,27,33)(H2,26,28,29,32). The number of benzene rings is 2. The molecule has 3 N–H and O–H groups in total. The summed E-state index contributed by atoms with van der Waals surface area (Å²) >= 11 is 0. The van der Waals surface area contributed by atoms with Gasteiger partial charge in [0.1, 0.15) is 0 Å². The third-order valence-electron chi connectivity index (χ3n) is 5.84. The molecule has 0 radical (unpaired) electrons. The number of aromatic nitrogens is 2. The molecule has 0 saturated carbocycles. The monoisotopic (exact) mass is 446 g/mol. The van der Waals surface area contributed by atoms with Crippen LogP contribution in [0.2, 0.25) is 0 Å². The number of hydrogen-bond acceptors (Lipinski definition) is 6. The minimum Gasteiger partial charge on any atom is -0.329 e. The van der Waals surface area contributed by atoms with E-state index >= 15 is 0 Å². The summed E-state index contributed by atoms with van der Waals surface area (Å²) in [7, 11) is 2.15. The van der Waals surface area contributed by atoms with Gasteiger partial charge in [-0.05, 0) is 56.3 Å². The lowest BCUT2D eigenvalue weighted by Crippen LogP contribution is -2.43. The van der Waals surface area contributed by atoms with E-state index in [0.717, 1.165) is 49.7 Å². The molecule has 0 spiro atoms. The number of carbonyl (C=O) groups is 1. The first kappa shape index (κ1) is 22.7. The van der Waals surface area contributed by atoms with E-state index in [0.29, 0.717) is 17.2 Å². The summed E-state index contributed by atoms with van der Waals surface area (Å²) in [5.41, 5.74) is 4.59. The Morgan fingerprint density at radius 3 is 2.45 bits per heavy atom. The fraction of sp³-hybridized carbons (Fsp3) is 0.320. The first-order valence-corrected chi connectivity index (χ1v) is 11.1. The van der Waals surface area contributed by atoms with E-state index in [2.05, 4.69) is 37.4 Å². The van der Waals surface area contributed by atoms with Gasteiger partial charge in [-0.1, -0.05) is 18.2 Å². The minimum absolute atomic E-state index is 0.168. The van der Waals surface area contributed by atoms with Crippen LogP contribution >= 0.6 is 0 Å². The predicted octanol–water partition coefficient (Wildman–Crippen LogP) is 3.13. The molecule has 3 aromatic rings. The van der Waals surface area contributed by atoms with Crippen molar-refractivity contribution in [3.8, 4) is 0 Å². The molecule has 1 aromatic heterocycles. The molecule has 0 aliphatic carbocycles. The zero-order chi connectivity index (χ0) is 23.4. The molecule has 0 atom stereocenters. The number of piperazine rings is 1. The van der Waals surface area contributed by atoms with Gasteiger partial charge in [0.25, 0.3) is 11.5 Å². The number of H-pyrrole nitrogens is 1. The van der Waals surface area contributed by atoms with Crippen LogP contribution in [0.25, 0.3) is 0 Å². The summed E-state index contributed by atoms with van der Waals surface area (Å²) in [5.74, 6) is 0.195. The Morgan fingerprint density at radius 1 is 1.03 bits per heavy atom. The number of hydrogen-bond donors (Lipinski definition) is 3. The number of rotatable bonds is 6. The average Bonchev–Trinajstić information content (AvgIpc) is 2.77. The molecule has 1 fully saturated rings. The van der Waals surface area contributed by atoms with Gasteiger partial charge in [0, 0.05) is 61.4 Å². The van der Waals surface area contributed by atoms with Gasteiger partial charge in [0.2, 0.25) is 5.95 Å². The van der Waals surface area contributed by atoms with Gasteiger partial charge in [0.05, 0.1) is 0 Å². The summed E-state index contributed by atoms with van der Waals surface area (Å²) in [6, 6.07) is 14.8. The van der Waals surface area contributed by atoms with Gasteiger partial charge in [-0.2, -0.15) is 4.98 Å². The highest BCUT2D eigenvalue weighted by Crippen LogP contribution is 2.23. The van der Waals surface area contributed by atoms with Crippen molar-refractivity contribution in [2.45, 2.75) is 20.4 Å². The van der Waals surface area contributed by atoms with Crippen LogP contribution in [0.5, 0.6) is 0 Å². The number of aromatic amines is 1. The Labute approximate surface area is 193 Å². The van der Waals surface area contributed by atoms with Crippen molar-refractivity contribution in [3.63, 3.8) is 0 Å². The highest BCUT2D eigenvalue weighted by Gasteiger charge is 2.14. The van der Waals surface area contributed by atoms with Gasteiger partial charge < -0.3 is 20.5 Å². The average molecular weight is 447 g/mol. The molecule has 2 heterocycles. The first-order valence-electron chi connectivity index (χ1n) is 11.1. The fourth-order valence-electron chi connectivity index (χ4n) is 3.83. The van der Waals surface area contributed by atoms with Crippen molar-refractivity contribution < 1.29 is 4.79 Å². The van der Waals surface area contributed by atoms with E-state index in [-0.39, 0.29) is 11.5 Å². The van der Waals surface area contributed by atoms with Crippen LogP contribution in [0.1, 0.15) is 27.2 Å². The number of likely N-dealkylation sites (N-methyl/N-ethyl adjacent to an activating group) is 1. The quantitative estimate of drug-likeness (QED) is 0.539. The van der Waals surface area contributed by atoms with E-state index in [1.165, 1.54) is 11.6 Å². The van der Waals surface area contributed by atoms with E-state index in [1.54, 1.807) is 6.92 Å². The molecule has 8 heteroatoms. The summed E-state index contributed by atoms with van der Waals surface area (Å²) < 4.78 is 0. The Morgan fingerprint density at radius 2 is 1.76 bits per heavy atom. The molecule has 0 bridgehead atoms. The largest absolute Gasteiger partial charge is 0.329 e. The third kappa shape index (κ3) is 6.06. The summed E-state index contributed by atoms with van der Waals surface area (Å²) in [6.07, 6.45) is 0. The van der Waals surface area contributed by atoms with Gasteiger partial charge in [-0.3, -0.25) is 14.5 Å². The maximum absolute atomic E-state index is 12.8. The van der Waals surface area contributed by atoms with Crippen LogP contribution in [0.4, 0.5) is 17.3 Å². The predicted molar refractivity (Wildman–Crippen MR) is 131 cm³/mol. The number of carbonyl (C=O) groups excluding carboxylic acids is 1. The van der Waals surface area contributed by atoms with Crippen LogP contribution in [0, 0.1) is 13.8 Å². The number of nitrogens with zero attached hydrogens (tertiary/aromatic N) is 3. The summed E-state index contributed by atoms with van der Waals surface area (Å²) in [6.45, 7) is 8.95. The Bertz CT molecular complexity index is 1180. The van der Waals surface area contributed by atoms with Crippen LogP contribution < -0.4 is 16.2 Å². The van der Waals surface area contributed by atoms with Crippen molar-refractivity contribution in [1.82, 2.24) is 19.8 Å². The van der Waals surface area contributed by atoms with Gasteiger partial charge in [-0.25, -0.2) is 0 Å². The number of aryl methyl sites for hydroxylation is 2. The maximum atomic E-state index is 12.8. The molecule has 4 rings (SSSR count). The number of anilines is 3. The van der Waals surface area contributed by atoms with Crippen LogP contribution in [-0.4, -0.2) is 58.9 Å². The van der Waals surface area contributed by atoms with E-state index in [9.17, 15) is 9.59 Å². The molecule has 1 aliphatic rings. The highest BCUT2D eigenvalue weighted by molar-refractivity contribution is 6.04. The second-order valence-corrected chi connectivity index (χ2v) is 8.64. The maximum Gasteiger partial charge on any atom is 0.274 e. The van der Waals surface area contributed by atoms with Crippen molar-refractivity contribution in [3.05, 3.63) is 81.3 Å². The fourth-order valence-corrected chi connectivity index (χ4v) is 3.83. The van der Waals surface area contributed by atoms with Crippen molar-refractivity contribution in [2.75, 3.05) is 43.9 Å². The third-order valence-corrected chi connectivity index (χ3v) is 5.84. The minimum atomic E-state index is -0.313. The molecule has 1 aliphatic heterocycles. The van der Waals surface area contributed by atoms with Crippen molar-refractivity contribution in [2.24, 2.45) is 0 Å². The second kappa shape index (κ2) is 9.97. The van der Waals surface area contributed by atoms with Crippen LogP contribution in [0.3, 0.4) is 0 Å². The highest BCUT2D eigenvalue weighted by atomic mass is 16.1. The molecule has 2 aromatic carbocycles. The smallest absolute Gasteiger partial charge is 0.274 e. The van der Waals surface area contributed by atoms with Crippen molar-refractivity contribution >= 4 is 23.2 Å². The lowest BCUT2D eigenvalue weighted by atomic mass is 10.1. The molecule has 172 valence electrons. The van der Waals surface area contributed by atoms with Crippen molar-refractivity contribution in [1.29, 1.82) is 0 Å². The molecule has 0 unspecified atom stereocenters. The lowest BCUT2D eigenvalue weighted by Gasteiger charge is -2.32. The van der Waals surface area contributed by atoms with E-state index < -0.39 is 0 Å². The van der Waals surface area contributed by atoms with Gasteiger partial charge in [0.15, 0.2) is 0 Å². The lowest BCUT2D eigenvalue weighted by molar-refractivity contribution is 0.102. The van der Waals surface area contributed by atoms with E-state index in [1.807, 2.05) is 49.4 Å². The Kier molecular flexibility index (Phi) is 6.86. The van der Waals surface area contributed by atoms with E-state index in [4.69, 9.17) is 0 Å². The van der Waals surface area contributed by atoms with Crippen LogP contribution in [0.15, 0.2) is 53.3 Å². The van der Waals surface area contributed by atoms with Gasteiger partial charge in [-0.15, -0.1) is 0 Å². The summed E-state index contributed by atoms with van der Waals surface area (Å²) in [5, 5.41) is 6.08. The molecule has 33 heavy (non-hydrogen) atoms. The molecular weight excluding hydrogens is 416 g/mol. The molecule has 1 amide bonds. The number of nitrogens with one attached hydrogen (secondary N) is 3. The molecular formula is C25H30N6O2. The Balaban J connectivity index is 1.40.